The summed E-state index contributed by atoms with van der Waals surface area (Å²) in [5.74, 6) is 1.87. The van der Waals surface area contributed by atoms with Gasteiger partial charge in [-0.05, 0) is 35.4 Å². The summed E-state index contributed by atoms with van der Waals surface area (Å²) >= 11 is 18.9. The van der Waals surface area contributed by atoms with E-state index < -0.39 is 6.10 Å². The Balaban J connectivity index is 1.67. The van der Waals surface area contributed by atoms with Crippen molar-refractivity contribution in [2.45, 2.75) is 38.8 Å². The number of imidazole rings is 1. The average molecular weight is 512 g/mol. The molecule has 0 unspecified atom stereocenters. The minimum Gasteiger partial charge on any atom is -0.491 e. The molecule has 5 nitrogen and oxygen atoms in total. The second kappa shape index (κ2) is 11.5. The summed E-state index contributed by atoms with van der Waals surface area (Å²) < 4.78 is 13.4. The van der Waals surface area contributed by atoms with Crippen molar-refractivity contribution in [1.82, 2.24) is 9.55 Å². The maximum absolute atomic E-state index is 10.2. The third kappa shape index (κ3) is 6.80. The summed E-state index contributed by atoms with van der Waals surface area (Å²) in [4.78, 5) is 3.97. The predicted octanol–water partition coefficient (Wildman–Crippen LogP) is 6.21. The second-order valence-electron chi connectivity index (χ2n) is 8.71. The minimum absolute atomic E-state index is 0.190. The van der Waals surface area contributed by atoms with E-state index in [2.05, 4.69) is 18.8 Å². The Kier molecular flexibility index (Phi) is 8.94. The van der Waals surface area contributed by atoms with Gasteiger partial charge in [-0.25, -0.2) is 4.98 Å². The van der Waals surface area contributed by atoms with Gasteiger partial charge in [0.1, 0.15) is 18.5 Å². The Hall–Kier alpha value is -1.92. The van der Waals surface area contributed by atoms with Gasteiger partial charge in [-0.15, -0.1) is 11.6 Å². The number of nitrogens with zero attached hydrogens (tertiary/aromatic N) is 2. The molecule has 0 amide bonds. The molecule has 1 N–H and O–H groups in total. The van der Waals surface area contributed by atoms with Crippen molar-refractivity contribution in [2.75, 3.05) is 19.1 Å². The highest BCUT2D eigenvalue weighted by Crippen LogP contribution is 2.40. The van der Waals surface area contributed by atoms with Gasteiger partial charge in [0.05, 0.1) is 29.5 Å². The fourth-order valence-electron chi connectivity index (χ4n) is 3.35. The molecule has 2 atom stereocenters. The molecule has 0 aliphatic heterocycles. The van der Waals surface area contributed by atoms with E-state index in [0.717, 1.165) is 11.1 Å². The Morgan fingerprint density at radius 3 is 2.27 bits per heavy atom. The number of ether oxygens (including phenoxy) is 2. The lowest BCUT2D eigenvalue weighted by molar-refractivity contribution is 0.0924. The monoisotopic (exact) mass is 510 g/mol. The van der Waals surface area contributed by atoms with Crippen molar-refractivity contribution in [1.29, 1.82) is 0 Å². The molecule has 0 fully saturated rings. The molecular formula is C25H29Cl3N2O3. The first-order valence-corrected chi connectivity index (χ1v) is 12.0. The molecule has 3 rings (SSSR count). The average Bonchev–Trinajstić information content (AvgIpc) is 3.30. The van der Waals surface area contributed by atoms with Crippen LogP contribution in [0.25, 0.3) is 0 Å². The molecule has 178 valence electrons. The zero-order valence-corrected chi connectivity index (χ0v) is 21.2. The minimum atomic E-state index is -0.632. The van der Waals surface area contributed by atoms with E-state index in [9.17, 15) is 5.11 Å². The van der Waals surface area contributed by atoms with Crippen molar-refractivity contribution >= 4 is 34.8 Å². The molecule has 3 aromatic rings. The van der Waals surface area contributed by atoms with Crippen LogP contribution >= 0.6 is 34.8 Å². The maximum atomic E-state index is 10.2. The van der Waals surface area contributed by atoms with Crippen LogP contribution < -0.4 is 9.47 Å². The molecule has 1 heterocycles. The van der Waals surface area contributed by atoms with Crippen LogP contribution in [0.5, 0.6) is 11.5 Å². The third-order valence-corrected chi connectivity index (χ3v) is 6.58. The van der Waals surface area contributed by atoms with Crippen molar-refractivity contribution in [3.8, 4) is 11.5 Å². The van der Waals surface area contributed by atoms with E-state index >= 15 is 0 Å². The number of halogens is 3. The van der Waals surface area contributed by atoms with Gasteiger partial charge in [-0.2, -0.15) is 0 Å². The van der Waals surface area contributed by atoms with Crippen molar-refractivity contribution in [3.05, 3.63) is 76.3 Å². The number of aliphatic hydroxyl groups excluding tert-OH is 1. The van der Waals surface area contributed by atoms with Crippen molar-refractivity contribution in [2.24, 2.45) is 5.92 Å². The molecule has 0 aliphatic rings. The van der Waals surface area contributed by atoms with E-state index in [1.807, 2.05) is 47.9 Å². The molecule has 0 aliphatic carbocycles. The predicted molar refractivity (Wildman–Crippen MR) is 134 cm³/mol. The lowest BCUT2D eigenvalue weighted by Gasteiger charge is -2.27. The first-order chi connectivity index (χ1) is 15.7. The molecule has 0 radical (unpaired) electrons. The first kappa shape index (κ1) is 25.7. The number of benzene rings is 2. The Labute approximate surface area is 210 Å². The summed E-state index contributed by atoms with van der Waals surface area (Å²) in [6.07, 6.45) is 4.51. The highest BCUT2D eigenvalue weighted by molar-refractivity contribution is 6.37. The number of alkyl halides is 1. The summed E-state index contributed by atoms with van der Waals surface area (Å²) in [6.45, 7) is 7.28. The number of rotatable bonds is 11. The van der Waals surface area contributed by atoms with Gasteiger partial charge in [0.2, 0.25) is 0 Å². The van der Waals surface area contributed by atoms with Crippen LogP contribution in [0.3, 0.4) is 0 Å². The third-order valence-electron chi connectivity index (χ3n) is 5.49. The van der Waals surface area contributed by atoms with Crippen LogP contribution in [0.2, 0.25) is 10.0 Å². The van der Waals surface area contributed by atoms with Crippen LogP contribution in [0.4, 0.5) is 0 Å². The lowest BCUT2D eigenvalue weighted by Crippen LogP contribution is -2.23. The molecular weight excluding hydrogens is 483 g/mol. The van der Waals surface area contributed by atoms with Gasteiger partial charge >= 0.3 is 0 Å². The number of hydrogen-bond acceptors (Lipinski definition) is 4. The first-order valence-electron chi connectivity index (χ1n) is 10.8. The number of aliphatic hydroxyl groups is 1. The summed E-state index contributed by atoms with van der Waals surface area (Å²) in [6, 6.07) is 11.6. The van der Waals surface area contributed by atoms with E-state index in [0.29, 0.717) is 40.6 Å². The van der Waals surface area contributed by atoms with Crippen LogP contribution in [-0.2, 0) is 12.0 Å². The van der Waals surface area contributed by atoms with Crippen LogP contribution in [0.15, 0.2) is 55.1 Å². The normalized spacial score (nSPS) is 13.5. The molecule has 2 aromatic carbocycles. The Morgan fingerprint density at radius 1 is 1.03 bits per heavy atom. The largest absolute Gasteiger partial charge is 0.491 e. The van der Waals surface area contributed by atoms with Gasteiger partial charge in [0.15, 0.2) is 5.75 Å². The molecule has 33 heavy (non-hydrogen) atoms. The molecule has 8 heteroatoms. The molecule has 0 saturated carbocycles. The van der Waals surface area contributed by atoms with E-state index in [1.54, 1.807) is 18.7 Å². The lowest BCUT2D eigenvalue weighted by atomic mass is 9.78. The fourth-order valence-corrected chi connectivity index (χ4v) is 4.03. The van der Waals surface area contributed by atoms with Gasteiger partial charge in [0, 0.05) is 29.6 Å². The topological polar surface area (TPSA) is 56.5 Å². The Bertz CT molecular complexity index is 1000. The van der Waals surface area contributed by atoms with E-state index in [4.69, 9.17) is 44.3 Å². The van der Waals surface area contributed by atoms with Gasteiger partial charge in [-0.3, -0.25) is 0 Å². The van der Waals surface area contributed by atoms with E-state index in [1.165, 1.54) is 0 Å². The van der Waals surface area contributed by atoms with Crippen molar-refractivity contribution < 1.29 is 14.6 Å². The smallest absolute Gasteiger partial charge is 0.156 e. The summed E-state index contributed by atoms with van der Waals surface area (Å²) in [5, 5.41) is 11.1. The van der Waals surface area contributed by atoms with Crippen LogP contribution in [0.1, 0.15) is 31.9 Å². The zero-order chi connectivity index (χ0) is 24.0. The highest BCUT2D eigenvalue weighted by Gasteiger charge is 2.26. The van der Waals surface area contributed by atoms with Crippen LogP contribution in [-0.4, -0.2) is 39.9 Å². The molecule has 0 bridgehead atoms. The van der Waals surface area contributed by atoms with Gasteiger partial charge in [-0.1, -0.05) is 56.1 Å². The van der Waals surface area contributed by atoms with Gasteiger partial charge < -0.3 is 19.1 Å². The quantitative estimate of drug-likeness (QED) is 0.311. The SMILES string of the molecule is C[C@H](CCl)COc1c(Cl)cc(C(C)(C)c2ccc(OC[C@H](O)Cn3ccnc3)cc2)cc1Cl. The van der Waals surface area contributed by atoms with Crippen LogP contribution in [0, 0.1) is 5.92 Å². The molecule has 0 saturated heterocycles. The number of hydrogen-bond donors (Lipinski definition) is 1. The number of aromatic nitrogens is 2. The fraction of sp³-hybridized carbons (Fsp3) is 0.400. The second-order valence-corrected chi connectivity index (χ2v) is 9.84. The highest BCUT2D eigenvalue weighted by atomic mass is 35.5. The maximum Gasteiger partial charge on any atom is 0.156 e. The summed E-state index contributed by atoms with van der Waals surface area (Å²) in [5.41, 5.74) is 1.69. The van der Waals surface area contributed by atoms with E-state index in [-0.39, 0.29) is 17.9 Å². The van der Waals surface area contributed by atoms with Crippen molar-refractivity contribution in [3.63, 3.8) is 0 Å². The van der Waals surface area contributed by atoms with Gasteiger partial charge in [0.25, 0.3) is 0 Å². The standard InChI is InChI=1S/C25H29Cl3N2O3/c1-17(12-26)14-33-24-22(27)10-19(11-23(24)28)25(2,3)18-4-6-21(7-5-18)32-15-20(31)13-30-9-8-29-16-30/h4-11,16-17,20,31H,12-15H2,1-3H3/t17-,20-/m1/s1. The zero-order valence-electron chi connectivity index (χ0n) is 19.0. The Morgan fingerprint density at radius 2 is 1.70 bits per heavy atom. The molecule has 1 aromatic heterocycles. The molecule has 0 spiro atoms. The summed E-state index contributed by atoms with van der Waals surface area (Å²) in [7, 11) is 0.